The molecule has 0 aliphatic carbocycles. The number of ether oxygens (including phenoxy) is 1. The van der Waals surface area contributed by atoms with E-state index < -0.39 is 15.9 Å². The lowest BCUT2D eigenvalue weighted by Gasteiger charge is -2.25. The van der Waals surface area contributed by atoms with Crippen LogP contribution >= 0.6 is 11.3 Å². The van der Waals surface area contributed by atoms with E-state index in [2.05, 4.69) is 5.32 Å². The predicted molar refractivity (Wildman–Crippen MR) is 136 cm³/mol. The lowest BCUT2D eigenvalue weighted by atomic mass is 10.2. The number of carbonyl (C=O) groups excluding carboxylic acids is 1. The number of hydrogen-bond donors (Lipinski definition) is 1. The third kappa shape index (κ3) is 5.35. The van der Waals surface area contributed by atoms with Gasteiger partial charge in [0.25, 0.3) is 15.9 Å². The number of benzene rings is 3. The van der Waals surface area contributed by atoms with Gasteiger partial charge in [0.15, 0.2) is 0 Å². The van der Waals surface area contributed by atoms with Gasteiger partial charge in [-0.25, -0.2) is 8.42 Å². The molecule has 0 unspecified atom stereocenters. The van der Waals surface area contributed by atoms with Gasteiger partial charge in [0.2, 0.25) is 0 Å². The van der Waals surface area contributed by atoms with Gasteiger partial charge in [0.1, 0.15) is 16.8 Å². The van der Waals surface area contributed by atoms with Crippen molar-refractivity contribution in [1.82, 2.24) is 0 Å². The summed E-state index contributed by atoms with van der Waals surface area (Å²) >= 11 is 1.22. The Morgan fingerprint density at radius 1 is 1.03 bits per heavy atom. The van der Waals surface area contributed by atoms with Crippen LogP contribution in [-0.4, -0.2) is 21.4 Å². The summed E-state index contributed by atoms with van der Waals surface area (Å²) in [4.78, 5) is 12.8. The summed E-state index contributed by atoms with van der Waals surface area (Å²) in [5, 5.41) is 14.0. The zero-order valence-corrected chi connectivity index (χ0v) is 20.3. The first-order valence-corrected chi connectivity index (χ1v) is 12.8. The van der Waals surface area contributed by atoms with E-state index in [-0.39, 0.29) is 17.0 Å². The Labute approximate surface area is 207 Å². The van der Waals surface area contributed by atoms with Gasteiger partial charge in [0, 0.05) is 5.56 Å². The monoisotopic (exact) mass is 503 g/mol. The number of sulfonamides is 1. The van der Waals surface area contributed by atoms with Gasteiger partial charge in [-0.1, -0.05) is 36.4 Å². The Bertz CT molecular complexity index is 1480. The molecule has 0 fully saturated rings. The SMILES string of the molecule is COc1ccc(N(Cc2ccccc2)S(=O)(=O)c2cccc(C(=O)Nc3sccc3C#N)c2)cc1. The molecule has 0 bridgehead atoms. The maximum Gasteiger partial charge on any atom is 0.264 e. The van der Waals surface area contributed by atoms with Crippen molar-refractivity contribution < 1.29 is 17.9 Å². The Hall–Kier alpha value is -4.13. The summed E-state index contributed by atoms with van der Waals surface area (Å²) in [6.45, 7) is 0.104. The molecule has 176 valence electrons. The van der Waals surface area contributed by atoms with Crippen molar-refractivity contribution in [3.8, 4) is 11.8 Å². The molecular weight excluding hydrogens is 482 g/mol. The van der Waals surface area contributed by atoms with Crippen LogP contribution in [-0.2, 0) is 16.6 Å². The minimum absolute atomic E-state index is 0.0245. The van der Waals surface area contributed by atoms with Gasteiger partial charge in [-0.2, -0.15) is 5.26 Å². The quantitative estimate of drug-likeness (QED) is 0.353. The third-order valence-electron chi connectivity index (χ3n) is 5.23. The number of nitrogens with zero attached hydrogens (tertiary/aromatic N) is 2. The average molecular weight is 504 g/mol. The fraction of sp³-hybridized carbons (Fsp3) is 0.0769. The minimum Gasteiger partial charge on any atom is -0.497 e. The summed E-state index contributed by atoms with van der Waals surface area (Å²) in [6, 6.07) is 25.5. The van der Waals surface area contributed by atoms with Crippen LogP contribution in [0.3, 0.4) is 0 Å². The molecule has 0 saturated heterocycles. The van der Waals surface area contributed by atoms with Crippen LogP contribution in [0.1, 0.15) is 21.5 Å². The maximum absolute atomic E-state index is 13.8. The predicted octanol–water partition coefficient (Wildman–Crippen LogP) is 5.28. The largest absolute Gasteiger partial charge is 0.497 e. The number of rotatable bonds is 8. The van der Waals surface area contributed by atoms with Crippen molar-refractivity contribution in [2.24, 2.45) is 0 Å². The Morgan fingerprint density at radius 3 is 2.46 bits per heavy atom. The van der Waals surface area contributed by atoms with Crippen LogP contribution in [0.25, 0.3) is 0 Å². The molecule has 4 rings (SSSR count). The molecule has 1 heterocycles. The van der Waals surface area contributed by atoms with E-state index in [1.165, 1.54) is 39.9 Å². The van der Waals surface area contributed by atoms with Gasteiger partial charge in [0.05, 0.1) is 29.8 Å². The van der Waals surface area contributed by atoms with E-state index in [9.17, 15) is 18.5 Å². The van der Waals surface area contributed by atoms with Crippen LogP contribution in [0.5, 0.6) is 5.75 Å². The molecule has 9 heteroatoms. The fourth-order valence-electron chi connectivity index (χ4n) is 3.41. The highest BCUT2D eigenvalue weighted by Gasteiger charge is 2.26. The molecule has 35 heavy (non-hydrogen) atoms. The summed E-state index contributed by atoms with van der Waals surface area (Å²) in [5.74, 6) is 0.106. The molecule has 1 aromatic heterocycles. The van der Waals surface area contributed by atoms with E-state index in [1.54, 1.807) is 42.8 Å². The van der Waals surface area contributed by atoms with Crippen molar-refractivity contribution in [3.63, 3.8) is 0 Å². The highest BCUT2D eigenvalue weighted by atomic mass is 32.2. The summed E-state index contributed by atoms with van der Waals surface area (Å²) in [6.07, 6.45) is 0. The number of thiophene rings is 1. The second kappa shape index (κ2) is 10.4. The first-order valence-electron chi connectivity index (χ1n) is 10.5. The van der Waals surface area contributed by atoms with Crippen molar-refractivity contribution in [2.75, 3.05) is 16.7 Å². The van der Waals surface area contributed by atoms with E-state index in [0.29, 0.717) is 22.0 Å². The second-order valence-electron chi connectivity index (χ2n) is 7.45. The minimum atomic E-state index is -4.04. The fourth-order valence-corrected chi connectivity index (χ4v) is 5.64. The number of nitriles is 1. The van der Waals surface area contributed by atoms with E-state index in [4.69, 9.17) is 4.74 Å². The van der Waals surface area contributed by atoms with Crippen LogP contribution in [0, 0.1) is 11.3 Å². The lowest BCUT2D eigenvalue weighted by molar-refractivity contribution is 0.102. The molecular formula is C26H21N3O4S2. The summed E-state index contributed by atoms with van der Waals surface area (Å²) in [5.41, 5.74) is 1.78. The van der Waals surface area contributed by atoms with Crippen LogP contribution in [0.15, 0.2) is 95.2 Å². The number of nitrogens with one attached hydrogen (secondary N) is 1. The molecule has 0 aliphatic heterocycles. The van der Waals surface area contributed by atoms with Gasteiger partial charge < -0.3 is 10.1 Å². The Kier molecular flexibility index (Phi) is 7.15. The Balaban J connectivity index is 1.69. The molecule has 1 amide bonds. The number of anilines is 2. The topological polar surface area (TPSA) is 99.5 Å². The molecule has 7 nitrogen and oxygen atoms in total. The number of methoxy groups -OCH3 is 1. The third-order valence-corrected chi connectivity index (χ3v) is 7.83. The smallest absolute Gasteiger partial charge is 0.264 e. The van der Waals surface area contributed by atoms with E-state index in [0.717, 1.165) is 5.56 Å². The molecule has 0 atom stereocenters. The van der Waals surface area contributed by atoms with Gasteiger partial charge in [-0.15, -0.1) is 11.3 Å². The van der Waals surface area contributed by atoms with Gasteiger partial charge in [-0.3, -0.25) is 9.10 Å². The van der Waals surface area contributed by atoms with Crippen molar-refractivity contribution in [2.45, 2.75) is 11.4 Å². The summed E-state index contributed by atoms with van der Waals surface area (Å²) < 4.78 is 34.1. The van der Waals surface area contributed by atoms with Crippen LogP contribution < -0.4 is 14.4 Å². The molecule has 1 N–H and O–H groups in total. The first kappa shape index (κ1) is 24.0. The number of hydrogen-bond acceptors (Lipinski definition) is 6. The zero-order valence-electron chi connectivity index (χ0n) is 18.7. The molecule has 0 spiro atoms. The average Bonchev–Trinajstić information content (AvgIpc) is 3.35. The number of amides is 1. The molecule has 0 aliphatic rings. The maximum atomic E-state index is 13.8. The molecule has 0 radical (unpaired) electrons. The highest BCUT2D eigenvalue weighted by molar-refractivity contribution is 7.92. The van der Waals surface area contributed by atoms with Crippen molar-refractivity contribution in [3.05, 3.63) is 107 Å². The zero-order chi connectivity index (χ0) is 24.8. The standard InChI is InChI=1S/C26H21N3O4S2/c1-33-23-12-10-22(11-13-23)29(18-19-6-3-2-4-7-19)35(31,32)24-9-5-8-20(16-24)25(30)28-26-21(17-27)14-15-34-26/h2-16H,18H2,1H3,(H,28,30). The van der Waals surface area contributed by atoms with Crippen LogP contribution in [0.4, 0.5) is 10.7 Å². The van der Waals surface area contributed by atoms with Crippen molar-refractivity contribution >= 4 is 38.0 Å². The molecule has 0 saturated carbocycles. The van der Waals surface area contributed by atoms with E-state index >= 15 is 0 Å². The molecule has 4 aromatic rings. The normalized spacial score (nSPS) is 10.9. The first-order chi connectivity index (χ1) is 16.9. The highest BCUT2D eigenvalue weighted by Crippen LogP contribution is 2.29. The van der Waals surface area contributed by atoms with Gasteiger partial charge >= 0.3 is 0 Å². The summed E-state index contributed by atoms with van der Waals surface area (Å²) in [7, 11) is -2.50. The second-order valence-corrected chi connectivity index (χ2v) is 10.2. The van der Waals surface area contributed by atoms with E-state index in [1.807, 2.05) is 36.4 Å². The number of carbonyl (C=O) groups is 1. The van der Waals surface area contributed by atoms with Crippen LogP contribution in [0.2, 0.25) is 0 Å². The molecule has 3 aromatic carbocycles. The lowest BCUT2D eigenvalue weighted by Crippen LogP contribution is -2.30. The van der Waals surface area contributed by atoms with Crippen molar-refractivity contribution in [1.29, 1.82) is 5.26 Å². The Morgan fingerprint density at radius 2 is 1.77 bits per heavy atom. The van der Waals surface area contributed by atoms with Gasteiger partial charge in [-0.05, 0) is 59.5 Å².